The number of benzene rings is 1. The van der Waals surface area contributed by atoms with Gasteiger partial charge in [-0.05, 0) is 44.9 Å². The first-order valence-corrected chi connectivity index (χ1v) is 10.8. The largest absolute Gasteiger partial charge is 0.478 e. The second-order valence-corrected chi connectivity index (χ2v) is 9.25. The van der Waals surface area contributed by atoms with Gasteiger partial charge in [0.05, 0.1) is 27.9 Å². The molecular formula is C22H26ClN5O3. The molecule has 0 unspecified atom stereocenters. The third-order valence-corrected chi connectivity index (χ3v) is 6.37. The standard InChI is InChI=1S/C22H26ClN5O3/c1-22(2)12-28(14-6-4-5-7-14)18-17(27(3)20(22)31)11-24-21(26-18)25-16-9-8-13(19(29)30)10-15(16)23/h8-11,14H,4-7,12H2,1-3H3,(H,29,30)(H,24,25,26). The summed E-state index contributed by atoms with van der Waals surface area (Å²) < 4.78 is 0. The van der Waals surface area contributed by atoms with Gasteiger partial charge in [0.2, 0.25) is 11.9 Å². The molecule has 0 atom stereocenters. The number of amides is 1. The van der Waals surface area contributed by atoms with Gasteiger partial charge in [-0.2, -0.15) is 4.98 Å². The molecule has 1 aromatic heterocycles. The molecule has 1 saturated carbocycles. The molecule has 31 heavy (non-hydrogen) atoms. The topological polar surface area (TPSA) is 98.7 Å². The maximum Gasteiger partial charge on any atom is 0.335 e. The fraction of sp³-hybridized carbons (Fsp3) is 0.455. The van der Waals surface area contributed by atoms with Crippen LogP contribution in [0.3, 0.4) is 0 Å². The van der Waals surface area contributed by atoms with Crippen molar-refractivity contribution < 1.29 is 14.7 Å². The number of carbonyl (C=O) groups excluding carboxylic acids is 1. The zero-order chi connectivity index (χ0) is 22.3. The van der Waals surface area contributed by atoms with Crippen molar-refractivity contribution in [2.75, 3.05) is 28.7 Å². The molecule has 2 aliphatic rings. The van der Waals surface area contributed by atoms with Crippen LogP contribution in [0.15, 0.2) is 24.4 Å². The molecule has 1 aromatic carbocycles. The Balaban J connectivity index is 1.73. The van der Waals surface area contributed by atoms with Crippen LogP contribution >= 0.6 is 11.6 Å². The van der Waals surface area contributed by atoms with Gasteiger partial charge < -0.3 is 20.2 Å². The van der Waals surface area contributed by atoms with Crippen LogP contribution < -0.4 is 15.1 Å². The van der Waals surface area contributed by atoms with E-state index in [9.17, 15) is 9.59 Å². The van der Waals surface area contributed by atoms with Crippen LogP contribution in [0.25, 0.3) is 0 Å². The number of aromatic nitrogens is 2. The lowest BCUT2D eigenvalue weighted by Crippen LogP contribution is -2.45. The number of fused-ring (bicyclic) bond motifs is 1. The molecule has 1 aliphatic carbocycles. The lowest BCUT2D eigenvalue weighted by molar-refractivity contribution is -0.125. The molecule has 4 rings (SSSR count). The fourth-order valence-corrected chi connectivity index (χ4v) is 4.62. The summed E-state index contributed by atoms with van der Waals surface area (Å²) in [6.07, 6.45) is 6.14. The van der Waals surface area contributed by atoms with E-state index in [1.807, 2.05) is 13.8 Å². The molecule has 2 N–H and O–H groups in total. The lowest BCUT2D eigenvalue weighted by Gasteiger charge is -2.34. The van der Waals surface area contributed by atoms with Crippen LogP contribution in [0.4, 0.5) is 23.1 Å². The highest BCUT2D eigenvalue weighted by Gasteiger charge is 2.41. The normalized spacial score (nSPS) is 18.6. The van der Waals surface area contributed by atoms with Crippen LogP contribution in [0, 0.1) is 5.41 Å². The van der Waals surface area contributed by atoms with Crippen LogP contribution in [0.5, 0.6) is 0 Å². The SMILES string of the molecule is CN1C(=O)C(C)(C)CN(C2CCCC2)c2nc(Nc3ccc(C(=O)O)cc3Cl)ncc21. The predicted molar refractivity (Wildman–Crippen MR) is 121 cm³/mol. The Morgan fingerprint density at radius 1 is 1.29 bits per heavy atom. The number of carboxylic acids is 1. The van der Waals surface area contributed by atoms with Gasteiger partial charge in [0.25, 0.3) is 0 Å². The highest BCUT2D eigenvalue weighted by Crippen LogP contribution is 2.40. The zero-order valence-corrected chi connectivity index (χ0v) is 18.6. The first-order chi connectivity index (χ1) is 14.7. The maximum absolute atomic E-state index is 13.1. The summed E-state index contributed by atoms with van der Waals surface area (Å²) in [6.45, 7) is 4.52. The monoisotopic (exact) mass is 443 g/mol. The van der Waals surface area contributed by atoms with Gasteiger partial charge in [0.1, 0.15) is 5.69 Å². The number of rotatable bonds is 4. The van der Waals surface area contributed by atoms with E-state index in [1.165, 1.54) is 25.0 Å². The Kier molecular flexibility index (Phi) is 5.51. The van der Waals surface area contributed by atoms with Gasteiger partial charge >= 0.3 is 5.97 Å². The summed E-state index contributed by atoms with van der Waals surface area (Å²) in [5.74, 6) is 0.0551. The number of hydrogen-bond acceptors (Lipinski definition) is 6. The third kappa shape index (κ3) is 4.04. The number of halogens is 1. The summed E-state index contributed by atoms with van der Waals surface area (Å²) in [6, 6.07) is 4.78. The van der Waals surface area contributed by atoms with E-state index < -0.39 is 11.4 Å². The zero-order valence-electron chi connectivity index (χ0n) is 17.9. The highest BCUT2D eigenvalue weighted by molar-refractivity contribution is 6.33. The molecule has 9 heteroatoms. The summed E-state index contributed by atoms with van der Waals surface area (Å²) in [4.78, 5) is 37.3. The second kappa shape index (κ2) is 8.00. The first-order valence-electron chi connectivity index (χ1n) is 10.4. The number of carboxylic acid groups (broad SMARTS) is 1. The quantitative estimate of drug-likeness (QED) is 0.725. The second-order valence-electron chi connectivity index (χ2n) is 8.84. The van der Waals surface area contributed by atoms with Crippen LogP contribution in [0.1, 0.15) is 49.9 Å². The van der Waals surface area contributed by atoms with Crippen molar-refractivity contribution in [1.82, 2.24) is 9.97 Å². The molecule has 0 radical (unpaired) electrons. The van der Waals surface area contributed by atoms with E-state index in [0.29, 0.717) is 29.9 Å². The van der Waals surface area contributed by atoms with E-state index in [4.69, 9.17) is 21.7 Å². The molecule has 164 valence electrons. The molecule has 0 saturated heterocycles. The number of anilines is 4. The van der Waals surface area contributed by atoms with Gasteiger partial charge in [-0.25, -0.2) is 9.78 Å². The third-order valence-electron chi connectivity index (χ3n) is 6.06. The van der Waals surface area contributed by atoms with Gasteiger partial charge in [-0.15, -0.1) is 0 Å². The Hall–Kier alpha value is -2.87. The molecule has 0 spiro atoms. The van der Waals surface area contributed by atoms with Crippen molar-refractivity contribution in [2.24, 2.45) is 5.41 Å². The summed E-state index contributed by atoms with van der Waals surface area (Å²) >= 11 is 6.26. The molecule has 1 fully saturated rings. The minimum Gasteiger partial charge on any atom is -0.478 e. The molecule has 0 bridgehead atoms. The van der Waals surface area contributed by atoms with Crippen molar-refractivity contribution >= 4 is 46.6 Å². The Morgan fingerprint density at radius 3 is 2.65 bits per heavy atom. The first kappa shape index (κ1) is 21.4. The average molecular weight is 444 g/mol. The number of aromatic carboxylic acids is 1. The molecule has 2 heterocycles. The molecular weight excluding hydrogens is 418 g/mol. The Morgan fingerprint density at radius 2 is 2.00 bits per heavy atom. The van der Waals surface area contributed by atoms with Crippen LogP contribution in [-0.2, 0) is 4.79 Å². The Bertz CT molecular complexity index is 1040. The molecule has 1 amide bonds. The summed E-state index contributed by atoms with van der Waals surface area (Å²) in [5, 5.41) is 12.5. The van der Waals surface area contributed by atoms with E-state index in [1.54, 1.807) is 24.2 Å². The fourth-order valence-electron chi connectivity index (χ4n) is 4.39. The number of nitrogens with one attached hydrogen (secondary N) is 1. The Labute approximate surface area is 186 Å². The number of nitrogens with zero attached hydrogens (tertiary/aromatic N) is 4. The van der Waals surface area contributed by atoms with Crippen molar-refractivity contribution in [2.45, 2.75) is 45.6 Å². The summed E-state index contributed by atoms with van der Waals surface area (Å²) in [7, 11) is 1.76. The van der Waals surface area contributed by atoms with Crippen molar-refractivity contribution in [3.63, 3.8) is 0 Å². The van der Waals surface area contributed by atoms with E-state index in [-0.39, 0.29) is 16.5 Å². The smallest absolute Gasteiger partial charge is 0.335 e. The van der Waals surface area contributed by atoms with E-state index in [0.717, 1.165) is 18.7 Å². The van der Waals surface area contributed by atoms with E-state index in [2.05, 4.69) is 15.2 Å². The number of hydrogen-bond donors (Lipinski definition) is 2. The molecule has 2 aromatic rings. The minimum atomic E-state index is -1.04. The molecule has 8 nitrogen and oxygen atoms in total. The lowest BCUT2D eigenvalue weighted by atomic mass is 9.91. The van der Waals surface area contributed by atoms with Gasteiger partial charge in [0, 0.05) is 19.6 Å². The van der Waals surface area contributed by atoms with Gasteiger partial charge in [-0.1, -0.05) is 24.4 Å². The average Bonchev–Trinajstić information content (AvgIpc) is 3.24. The van der Waals surface area contributed by atoms with Crippen molar-refractivity contribution in [3.8, 4) is 0 Å². The minimum absolute atomic E-state index is 0.0332. The predicted octanol–water partition coefficient (Wildman–Crippen LogP) is 4.32. The van der Waals surface area contributed by atoms with Crippen LogP contribution in [0.2, 0.25) is 5.02 Å². The van der Waals surface area contributed by atoms with Crippen LogP contribution in [-0.4, -0.2) is 46.6 Å². The van der Waals surface area contributed by atoms with Gasteiger partial charge in [0.15, 0.2) is 5.82 Å². The molecule has 1 aliphatic heterocycles. The summed E-state index contributed by atoms with van der Waals surface area (Å²) in [5.41, 5.74) is 0.743. The van der Waals surface area contributed by atoms with Crippen molar-refractivity contribution in [3.05, 3.63) is 35.0 Å². The van der Waals surface area contributed by atoms with Crippen molar-refractivity contribution in [1.29, 1.82) is 0 Å². The highest BCUT2D eigenvalue weighted by atomic mass is 35.5. The van der Waals surface area contributed by atoms with E-state index >= 15 is 0 Å². The number of carbonyl (C=O) groups is 2. The van der Waals surface area contributed by atoms with Gasteiger partial charge in [-0.3, -0.25) is 4.79 Å². The maximum atomic E-state index is 13.1.